The van der Waals surface area contributed by atoms with Gasteiger partial charge in [0.25, 0.3) is 0 Å². The molecule has 1 aromatic carbocycles. The Balaban J connectivity index is 2.02. The van der Waals surface area contributed by atoms with Gasteiger partial charge in [-0.3, -0.25) is 4.79 Å². The zero-order chi connectivity index (χ0) is 13.1. The fourth-order valence-electron chi connectivity index (χ4n) is 2.02. The summed E-state index contributed by atoms with van der Waals surface area (Å²) in [6, 6.07) is 2.81. The van der Waals surface area contributed by atoms with Crippen LogP contribution in [0.3, 0.4) is 0 Å². The maximum absolute atomic E-state index is 13.5. The van der Waals surface area contributed by atoms with Crippen molar-refractivity contribution in [1.29, 1.82) is 0 Å². The monoisotopic (exact) mass is 255 g/mol. The average molecular weight is 255 g/mol. The molecule has 2 atom stereocenters. The number of hydrogen-bond donors (Lipinski definition) is 1. The van der Waals surface area contributed by atoms with Gasteiger partial charge in [-0.1, -0.05) is 6.07 Å². The standard InChI is InChI=1S/C13H15F2NO2/c1-8(10-5-4-9(14)7-11(10)15)16-13(17)12-3-2-6-18-12/h4-5,7-8,12H,2-3,6H2,1H3,(H,16,17)/t8-,12+/m0/s1. The summed E-state index contributed by atoms with van der Waals surface area (Å²) in [5, 5.41) is 2.67. The van der Waals surface area contributed by atoms with Crippen LogP contribution in [-0.2, 0) is 9.53 Å². The number of rotatable bonds is 3. The Bertz CT molecular complexity index is 445. The SMILES string of the molecule is C[C@H](NC(=O)[C@H]1CCCO1)c1ccc(F)cc1F. The summed E-state index contributed by atoms with van der Waals surface area (Å²) in [6.07, 6.45) is 1.10. The van der Waals surface area contributed by atoms with Gasteiger partial charge in [0.2, 0.25) is 5.91 Å². The van der Waals surface area contributed by atoms with E-state index in [1.165, 1.54) is 12.1 Å². The van der Waals surface area contributed by atoms with Crippen LogP contribution in [0.1, 0.15) is 31.4 Å². The lowest BCUT2D eigenvalue weighted by atomic mass is 10.1. The van der Waals surface area contributed by atoms with Crippen molar-refractivity contribution in [2.24, 2.45) is 0 Å². The van der Waals surface area contributed by atoms with Gasteiger partial charge in [-0.15, -0.1) is 0 Å². The molecule has 3 nitrogen and oxygen atoms in total. The fourth-order valence-corrected chi connectivity index (χ4v) is 2.02. The van der Waals surface area contributed by atoms with Gasteiger partial charge in [-0.2, -0.15) is 0 Å². The molecule has 0 saturated carbocycles. The Morgan fingerprint density at radius 1 is 1.50 bits per heavy atom. The predicted octanol–water partition coefficient (Wildman–Crippen LogP) is 2.32. The Morgan fingerprint density at radius 3 is 2.89 bits per heavy atom. The molecule has 1 aromatic rings. The molecule has 1 fully saturated rings. The number of ether oxygens (including phenoxy) is 1. The van der Waals surface area contributed by atoms with Crippen molar-refractivity contribution < 1.29 is 18.3 Å². The molecule has 1 heterocycles. The highest BCUT2D eigenvalue weighted by Gasteiger charge is 2.25. The topological polar surface area (TPSA) is 38.3 Å². The minimum Gasteiger partial charge on any atom is -0.368 e. The van der Waals surface area contributed by atoms with E-state index in [1.807, 2.05) is 0 Å². The second-order valence-corrected chi connectivity index (χ2v) is 4.40. The van der Waals surface area contributed by atoms with Crippen LogP contribution in [0.5, 0.6) is 0 Å². The summed E-state index contributed by atoms with van der Waals surface area (Å²) in [5.41, 5.74) is 0.266. The third-order valence-corrected chi connectivity index (χ3v) is 3.01. The molecule has 0 bridgehead atoms. The van der Waals surface area contributed by atoms with Crippen LogP contribution in [-0.4, -0.2) is 18.6 Å². The lowest BCUT2D eigenvalue weighted by Crippen LogP contribution is -2.36. The van der Waals surface area contributed by atoms with E-state index in [1.54, 1.807) is 6.92 Å². The van der Waals surface area contributed by atoms with Crippen molar-refractivity contribution in [1.82, 2.24) is 5.32 Å². The van der Waals surface area contributed by atoms with Crippen LogP contribution in [0.15, 0.2) is 18.2 Å². The molecule has 0 unspecified atom stereocenters. The van der Waals surface area contributed by atoms with Gasteiger partial charge in [0.05, 0.1) is 6.04 Å². The minimum atomic E-state index is -0.657. The molecule has 0 spiro atoms. The van der Waals surface area contributed by atoms with E-state index >= 15 is 0 Å². The lowest BCUT2D eigenvalue weighted by Gasteiger charge is -2.17. The Morgan fingerprint density at radius 2 is 2.28 bits per heavy atom. The molecule has 1 aliphatic rings. The smallest absolute Gasteiger partial charge is 0.249 e. The number of nitrogens with one attached hydrogen (secondary N) is 1. The van der Waals surface area contributed by atoms with Crippen LogP contribution < -0.4 is 5.32 Å². The van der Waals surface area contributed by atoms with Gasteiger partial charge in [-0.25, -0.2) is 8.78 Å². The highest BCUT2D eigenvalue weighted by Crippen LogP contribution is 2.19. The molecule has 1 N–H and O–H groups in total. The third-order valence-electron chi connectivity index (χ3n) is 3.01. The van der Waals surface area contributed by atoms with E-state index in [0.717, 1.165) is 12.5 Å². The number of hydrogen-bond acceptors (Lipinski definition) is 2. The largest absolute Gasteiger partial charge is 0.368 e. The van der Waals surface area contributed by atoms with Crippen molar-refractivity contribution in [2.75, 3.05) is 6.61 Å². The number of benzene rings is 1. The van der Waals surface area contributed by atoms with Gasteiger partial charge < -0.3 is 10.1 Å². The molecule has 1 amide bonds. The van der Waals surface area contributed by atoms with E-state index in [9.17, 15) is 13.6 Å². The van der Waals surface area contributed by atoms with Gasteiger partial charge in [0.15, 0.2) is 0 Å². The summed E-state index contributed by atoms with van der Waals surface area (Å²) in [6.45, 7) is 2.24. The molecule has 98 valence electrons. The fraction of sp³-hybridized carbons (Fsp3) is 0.462. The number of halogens is 2. The Kier molecular flexibility index (Phi) is 3.91. The summed E-state index contributed by atoms with van der Waals surface area (Å²) < 4.78 is 31.5. The molecular weight excluding hydrogens is 240 g/mol. The molecule has 18 heavy (non-hydrogen) atoms. The van der Waals surface area contributed by atoms with Gasteiger partial charge in [0, 0.05) is 18.2 Å². The normalized spacial score (nSPS) is 20.7. The first-order chi connectivity index (χ1) is 8.58. The molecule has 2 rings (SSSR count). The Hall–Kier alpha value is -1.49. The maximum atomic E-state index is 13.5. The molecule has 0 radical (unpaired) electrons. The Labute approximate surface area is 104 Å². The van der Waals surface area contributed by atoms with Crippen molar-refractivity contribution >= 4 is 5.91 Å². The molecule has 1 aliphatic heterocycles. The zero-order valence-corrected chi connectivity index (χ0v) is 10.1. The van der Waals surface area contributed by atoms with E-state index in [2.05, 4.69) is 5.32 Å². The van der Waals surface area contributed by atoms with Crippen LogP contribution in [0, 0.1) is 11.6 Å². The zero-order valence-electron chi connectivity index (χ0n) is 10.1. The first-order valence-corrected chi connectivity index (χ1v) is 5.95. The van der Waals surface area contributed by atoms with Crippen LogP contribution >= 0.6 is 0 Å². The number of amides is 1. The number of carbonyl (C=O) groups excluding carboxylic acids is 1. The molecular formula is C13H15F2NO2. The summed E-state index contributed by atoms with van der Waals surface area (Å²) in [5.74, 6) is -1.53. The molecule has 0 aromatic heterocycles. The van der Waals surface area contributed by atoms with E-state index < -0.39 is 23.8 Å². The highest BCUT2D eigenvalue weighted by atomic mass is 19.1. The van der Waals surface area contributed by atoms with Crippen molar-refractivity contribution in [3.05, 3.63) is 35.4 Å². The van der Waals surface area contributed by atoms with E-state index in [4.69, 9.17) is 4.74 Å². The minimum absolute atomic E-state index is 0.247. The van der Waals surface area contributed by atoms with E-state index in [0.29, 0.717) is 13.0 Å². The second-order valence-electron chi connectivity index (χ2n) is 4.40. The van der Waals surface area contributed by atoms with Crippen LogP contribution in [0.4, 0.5) is 8.78 Å². The number of carbonyl (C=O) groups is 1. The third kappa shape index (κ3) is 2.85. The lowest BCUT2D eigenvalue weighted by molar-refractivity contribution is -0.130. The van der Waals surface area contributed by atoms with Gasteiger partial charge in [0.1, 0.15) is 17.7 Å². The summed E-state index contributed by atoms with van der Waals surface area (Å²) >= 11 is 0. The van der Waals surface area contributed by atoms with Crippen molar-refractivity contribution in [2.45, 2.75) is 31.9 Å². The first kappa shape index (κ1) is 13.0. The van der Waals surface area contributed by atoms with E-state index in [-0.39, 0.29) is 11.5 Å². The summed E-state index contributed by atoms with van der Waals surface area (Å²) in [7, 11) is 0. The van der Waals surface area contributed by atoms with Crippen molar-refractivity contribution in [3.8, 4) is 0 Å². The molecule has 1 saturated heterocycles. The van der Waals surface area contributed by atoms with Gasteiger partial charge in [-0.05, 0) is 25.8 Å². The molecule has 0 aliphatic carbocycles. The van der Waals surface area contributed by atoms with Crippen molar-refractivity contribution in [3.63, 3.8) is 0 Å². The first-order valence-electron chi connectivity index (χ1n) is 5.95. The second kappa shape index (κ2) is 5.44. The van der Waals surface area contributed by atoms with Gasteiger partial charge >= 0.3 is 0 Å². The van der Waals surface area contributed by atoms with Crippen LogP contribution in [0.2, 0.25) is 0 Å². The summed E-state index contributed by atoms with van der Waals surface area (Å²) in [4.78, 5) is 11.8. The highest BCUT2D eigenvalue weighted by molar-refractivity contribution is 5.81. The molecule has 5 heteroatoms. The quantitative estimate of drug-likeness (QED) is 0.900. The maximum Gasteiger partial charge on any atom is 0.249 e. The average Bonchev–Trinajstić information content (AvgIpc) is 2.81. The predicted molar refractivity (Wildman–Crippen MR) is 61.9 cm³/mol. The van der Waals surface area contributed by atoms with Crippen LogP contribution in [0.25, 0.3) is 0 Å².